The number of aliphatic hydroxyl groups is 1. The fourth-order valence-electron chi connectivity index (χ4n) is 5.45. The molecule has 0 unspecified atom stereocenters. The van der Waals surface area contributed by atoms with Crippen molar-refractivity contribution in [2.45, 2.75) is 58.0 Å². The van der Waals surface area contributed by atoms with Gasteiger partial charge in [-0.25, -0.2) is 0 Å². The number of halogens is 3. The first-order chi connectivity index (χ1) is 22.7. The first-order valence-electron chi connectivity index (χ1n) is 15.7. The molecule has 0 bridgehead atoms. The van der Waals surface area contributed by atoms with Crippen molar-refractivity contribution in [3.05, 3.63) is 83.4 Å². The van der Waals surface area contributed by atoms with E-state index in [9.17, 15) is 32.7 Å². The number of anilines is 3. The van der Waals surface area contributed by atoms with Crippen LogP contribution < -0.4 is 21.1 Å². The van der Waals surface area contributed by atoms with Gasteiger partial charge in [-0.05, 0) is 62.0 Å². The molecule has 1 heterocycles. The summed E-state index contributed by atoms with van der Waals surface area (Å²) in [5.41, 5.74) is 9.11. The number of aliphatic hydroxyl groups excluding tert-OH is 1. The molecule has 3 aromatic carbocycles. The van der Waals surface area contributed by atoms with Crippen LogP contribution >= 0.6 is 0 Å². The molecule has 0 radical (unpaired) electrons. The van der Waals surface area contributed by atoms with E-state index in [0.29, 0.717) is 47.9 Å². The number of nitrogens with one attached hydrogen (secondary N) is 2. The number of ether oxygens (including phenoxy) is 1. The maximum Gasteiger partial charge on any atom is 0.389 e. The summed E-state index contributed by atoms with van der Waals surface area (Å²) in [4.78, 5) is 42.0. The number of amides is 3. The van der Waals surface area contributed by atoms with E-state index in [4.69, 9.17) is 10.5 Å². The van der Waals surface area contributed by atoms with Crippen LogP contribution in [0.15, 0.2) is 66.7 Å². The Balaban J connectivity index is 1.48. The number of alkyl halides is 3. The summed E-state index contributed by atoms with van der Waals surface area (Å²) in [6.07, 6.45) is -6.90. The summed E-state index contributed by atoms with van der Waals surface area (Å²) in [6.45, 7) is 4.80. The quantitative estimate of drug-likeness (QED) is 0.209. The molecule has 3 aromatic rings. The van der Waals surface area contributed by atoms with E-state index in [1.54, 1.807) is 60.4 Å². The Hall–Kier alpha value is -4.62. The van der Waals surface area contributed by atoms with E-state index in [2.05, 4.69) is 15.5 Å². The standard InChI is InChI=1S/C35H42F3N5O5/c1-22-18-43(23(2)21-44)33(46)17-26-16-27(40-32(45)14-15-35(36,37)38)12-13-30(26)48-31(22)20-42(3)19-24-8-10-25(11-9-24)34(47)41-29-7-5-4-6-28(29)39/h4-13,16,22-23,31,44H,14-15,17-21,39H2,1-3H3,(H,40,45)(H,41,47)/t22-,23-,31+/m0/s1. The van der Waals surface area contributed by atoms with Gasteiger partial charge in [0.2, 0.25) is 11.8 Å². The highest BCUT2D eigenvalue weighted by molar-refractivity contribution is 6.05. The SMILES string of the molecule is C[C@H]1CN([C@@H](C)CO)C(=O)Cc2cc(NC(=O)CCC(F)(F)F)ccc2O[C@@H]1CN(C)Cc1ccc(C(=O)Nc2ccccc2N)cc1. The second-order valence-electron chi connectivity index (χ2n) is 12.3. The lowest BCUT2D eigenvalue weighted by molar-refractivity contribution is -0.142. The van der Waals surface area contributed by atoms with Gasteiger partial charge in [-0.3, -0.25) is 19.3 Å². The minimum Gasteiger partial charge on any atom is -0.488 e. The number of hydrogen-bond acceptors (Lipinski definition) is 7. The molecule has 10 nitrogen and oxygen atoms in total. The largest absolute Gasteiger partial charge is 0.488 e. The highest BCUT2D eigenvalue weighted by atomic mass is 19.4. The molecule has 5 N–H and O–H groups in total. The first-order valence-corrected chi connectivity index (χ1v) is 15.7. The number of para-hydroxylation sites is 2. The predicted octanol–water partition coefficient (Wildman–Crippen LogP) is 5.08. The Labute approximate surface area is 278 Å². The van der Waals surface area contributed by atoms with E-state index < -0.39 is 37.1 Å². The molecule has 0 aromatic heterocycles. The number of rotatable bonds is 11. The Kier molecular flexibility index (Phi) is 12.1. The van der Waals surface area contributed by atoms with E-state index in [1.165, 1.54) is 6.07 Å². The molecule has 48 heavy (non-hydrogen) atoms. The Bertz CT molecular complexity index is 1580. The molecular formula is C35H42F3N5O5. The normalized spacial score (nSPS) is 17.4. The Morgan fingerprint density at radius 2 is 1.81 bits per heavy atom. The van der Waals surface area contributed by atoms with Gasteiger partial charge >= 0.3 is 6.18 Å². The zero-order chi connectivity index (χ0) is 35.0. The van der Waals surface area contributed by atoms with Crippen molar-refractivity contribution in [2.24, 2.45) is 5.92 Å². The summed E-state index contributed by atoms with van der Waals surface area (Å²) in [5.74, 6) is -1.05. The average molecular weight is 670 g/mol. The second-order valence-corrected chi connectivity index (χ2v) is 12.3. The fourth-order valence-corrected chi connectivity index (χ4v) is 5.45. The van der Waals surface area contributed by atoms with Crippen molar-refractivity contribution >= 4 is 34.8 Å². The number of nitrogen functional groups attached to an aromatic ring is 1. The second kappa shape index (κ2) is 16.0. The van der Waals surface area contributed by atoms with Gasteiger partial charge in [0.15, 0.2) is 0 Å². The predicted molar refractivity (Wildman–Crippen MR) is 177 cm³/mol. The molecule has 258 valence electrons. The van der Waals surface area contributed by atoms with Gasteiger partial charge in [-0.2, -0.15) is 13.2 Å². The van der Waals surface area contributed by atoms with E-state index in [-0.39, 0.29) is 36.4 Å². The number of carbonyl (C=O) groups is 3. The summed E-state index contributed by atoms with van der Waals surface area (Å²) in [5, 5.41) is 15.2. The molecule has 1 aliphatic rings. The monoisotopic (exact) mass is 669 g/mol. The molecule has 3 atom stereocenters. The van der Waals surface area contributed by atoms with Crippen LogP contribution in [0.1, 0.15) is 48.2 Å². The van der Waals surface area contributed by atoms with E-state index in [1.807, 2.05) is 26.1 Å². The summed E-state index contributed by atoms with van der Waals surface area (Å²) in [7, 11) is 1.93. The first kappa shape index (κ1) is 36.2. The molecule has 4 rings (SSSR count). The van der Waals surface area contributed by atoms with Gasteiger partial charge in [-0.1, -0.05) is 31.2 Å². The highest BCUT2D eigenvalue weighted by Crippen LogP contribution is 2.30. The molecule has 0 fully saturated rings. The average Bonchev–Trinajstić information content (AvgIpc) is 3.08. The Morgan fingerprint density at radius 3 is 2.48 bits per heavy atom. The van der Waals surface area contributed by atoms with Crippen molar-refractivity contribution in [3.63, 3.8) is 0 Å². The molecule has 13 heteroatoms. The van der Waals surface area contributed by atoms with E-state index in [0.717, 1.165) is 5.56 Å². The van der Waals surface area contributed by atoms with Crippen LogP contribution in [0, 0.1) is 5.92 Å². The van der Waals surface area contributed by atoms with Crippen molar-refractivity contribution in [3.8, 4) is 5.75 Å². The van der Waals surface area contributed by atoms with Gasteiger partial charge in [0.25, 0.3) is 5.91 Å². The molecule has 1 aliphatic heterocycles. The smallest absolute Gasteiger partial charge is 0.389 e. The van der Waals surface area contributed by atoms with Crippen molar-refractivity contribution in [1.82, 2.24) is 9.80 Å². The number of nitrogens with zero attached hydrogens (tertiary/aromatic N) is 2. The number of likely N-dealkylation sites (N-methyl/N-ethyl adjacent to an activating group) is 1. The minimum atomic E-state index is -4.45. The minimum absolute atomic E-state index is 0.0853. The molecular weight excluding hydrogens is 627 g/mol. The van der Waals surface area contributed by atoms with Gasteiger partial charge < -0.3 is 31.1 Å². The van der Waals surface area contributed by atoms with Crippen LogP contribution in [0.25, 0.3) is 0 Å². The van der Waals surface area contributed by atoms with Gasteiger partial charge in [0, 0.05) is 48.8 Å². The maximum atomic E-state index is 13.4. The summed E-state index contributed by atoms with van der Waals surface area (Å²) < 4.78 is 44.3. The van der Waals surface area contributed by atoms with Gasteiger partial charge in [0.05, 0.1) is 36.9 Å². The van der Waals surface area contributed by atoms with Crippen LogP contribution in [0.4, 0.5) is 30.2 Å². The van der Waals surface area contributed by atoms with Gasteiger partial charge in [-0.15, -0.1) is 0 Å². The zero-order valence-electron chi connectivity index (χ0n) is 27.2. The fraction of sp³-hybridized carbons (Fsp3) is 0.400. The maximum absolute atomic E-state index is 13.4. The highest BCUT2D eigenvalue weighted by Gasteiger charge is 2.32. The third-order valence-corrected chi connectivity index (χ3v) is 8.21. The zero-order valence-corrected chi connectivity index (χ0v) is 27.2. The van der Waals surface area contributed by atoms with Gasteiger partial charge in [0.1, 0.15) is 11.9 Å². The topological polar surface area (TPSA) is 137 Å². The Morgan fingerprint density at radius 1 is 1.10 bits per heavy atom. The number of hydrogen-bond donors (Lipinski definition) is 4. The van der Waals surface area contributed by atoms with Crippen molar-refractivity contribution in [2.75, 3.05) is 43.1 Å². The third kappa shape index (κ3) is 10.2. The lowest BCUT2D eigenvalue weighted by Crippen LogP contribution is -2.47. The van der Waals surface area contributed by atoms with E-state index >= 15 is 0 Å². The molecule has 0 aliphatic carbocycles. The van der Waals surface area contributed by atoms with Crippen molar-refractivity contribution < 1.29 is 37.4 Å². The number of fused-ring (bicyclic) bond motifs is 1. The number of carbonyl (C=O) groups excluding carboxylic acids is 3. The molecule has 0 spiro atoms. The van der Waals surface area contributed by atoms with Crippen LogP contribution in [-0.2, 0) is 22.6 Å². The lowest BCUT2D eigenvalue weighted by atomic mass is 10.0. The molecule has 3 amide bonds. The van der Waals surface area contributed by atoms with Crippen molar-refractivity contribution in [1.29, 1.82) is 0 Å². The van der Waals surface area contributed by atoms with Crippen LogP contribution in [-0.4, -0.2) is 77.7 Å². The number of benzene rings is 3. The summed E-state index contributed by atoms with van der Waals surface area (Å²) in [6, 6.07) is 18.5. The lowest BCUT2D eigenvalue weighted by Gasteiger charge is -2.34. The molecule has 0 saturated carbocycles. The summed E-state index contributed by atoms with van der Waals surface area (Å²) >= 11 is 0. The van der Waals surface area contributed by atoms with Crippen LogP contribution in [0.3, 0.4) is 0 Å². The number of nitrogens with two attached hydrogens (primary N) is 1. The van der Waals surface area contributed by atoms with Crippen LogP contribution in [0.2, 0.25) is 0 Å². The third-order valence-electron chi connectivity index (χ3n) is 8.21. The molecule has 0 saturated heterocycles. The van der Waals surface area contributed by atoms with Crippen LogP contribution in [0.5, 0.6) is 5.75 Å².